The number of rotatable bonds is 7. The number of likely N-dealkylation sites (tertiary alicyclic amines) is 2. The van der Waals surface area contributed by atoms with Crippen molar-refractivity contribution in [1.82, 2.24) is 19.6 Å². The van der Waals surface area contributed by atoms with Gasteiger partial charge in [0.15, 0.2) is 0 Å². The van der Waals surface area contributed by atoms with Gasteiger partial charge in [-0.15, -0.1) is 0 Å². The first kappa shape index (κ1) is 16.5. The number of carbonyl (C=O) groups excluding carboxylic acids is 1. The molecule has 3 rings (SSSR count). The Hall–Kier alpha value is -1.40. The minimum Gasteiger partial charge on any atom is -0.385 e. The summed E-state index contributed by atoms with van der Waals surface area (Å²) in [6, 6.07) is 2.09. The van der Waals surface area contributed by atoms with Gasteiger partial charge in [0, 0.05) is 52.6 Å². The highest BCUT2D eigenvalue weighted by molar-refractivity contribution is 5.79. The molecule has 0 saturated carbocycles. The van der Waals surface area contributed by atoms with Crippen LogP contribution in [0.3, 0.4) is 0 Å². The third-order valence-corrected chi connectivity index (χ3v) is 4.95. The number of aryl methyl sites for hydroxylation is 1. The zero-order valence-corrected chi connectivity index (χ0v) is 14.1. The second-order valence-electron chi connectivity index (χ2n) is 6.65. The van der Waals surface area contributed by atoms with Crippen molar-refractivity contribution in [2.24, 2.45) is 5.92 Å². The lowest BCUT2D eigenvalue weighted by Crippen LogP contribution is -2.35. The monoisotopic (exact) mass is 320 g/mol. The van der Waals surface area contributed by atoms with Crippen LogP contribution in [0.5, 0.6) is 0 Å². The van der Waals surface area contributed by atoms with Crippen LogP contribution < -0.4 is 0 Å². The molecule has 0 bridgehead atoms. The van der Waals surface area contributed by atoms with E-state index in [1.807, 2.05) is 6.20 Å². The molecule has 1 aromatic rings. The Bertz CT molecular complexity index is 510. The van der Waals surface area contributed by atoms with Crippen LogP contribution in [-0.2, 0) is 22.6 Å². The molecule has 2 aliphatic rings. The zero-order valence-electron chi connectivity index (χ0n) is 14.1. The van der Waals surface area contributed by atoms with E-state index < -0.39 is 0 Å². The summed E-state index contributed by atoms with van der Waals surface area (Å²) >= 11 is 0. The molecule has 0 aliphatic carbocycles. The second kappa shape index (κ2) is 7.93. The zero-order chi connectivity index (χ0) is 16.1. The summed E-state index contributed by atoms with van der Waals surface area (Å²) in [5.74, 6) is 0.566. The van der Waals surface area contributed by atoms with E-state index in [0.29, 0.717) is 5.91 Å². The lowest BCUT2D eigenvalue weighted by molar-refractivity contribution is -0.134. The van der Waals surface area contributed by atoms with E-state index >= 15 is 0 Å². The van der Waals surface area contributed by atoms with Gasteiger partial charge in [0.05, 0.1) is 11.6 Å². The molecule has 1 amide bonds. The van der Waals surface area contributed by atoms with Crippen LogP contribution in [0.15, 0.2) is 12.3 Å². The fraction of sp³-hybridized carbons (Fsp3) is 0.765. The fourth-order valence-electron chi connectivity index (χ4n) is 3.66. The third kappa shape index (κ3) is 4.12. The standard InChI is InChI=1S/C17H28N4O2/c1-23-12-4-10-21-16(5-7-18-21)14-19-11-6-15(13-19)17(22)20-8-2-3-9-20/h5,7,15H,2-4,6,8-14H2,1H3. The third-order valence-electron chi connectivity index (χ3n) is 4.95. The molecule has 0 aromatic carbocycles. The summed E-state index contributed by atoms with van der Waals surface area (Å²) in [7, 11) is 1.73. The lowest BCUT2D eigenvalue weighted by Gasteiger charge is -2.21. The van der Waals surface area contributed by atoms with E-state index in [1.165, 1.54) is 18.5 Å². The van der Waals surface area contributed by atoms with Crippen LogP contribution in [0.1, 0.15) is 31.4 Å². The number of carbonyl (C=O) groups is 1. The molecule has 1 unspecified atom stereocenters. The number of methoxy groups -OCH3 is 1. The first-order valence-electron chi connectivity index (χ1n) is 8.78. The van der Waals surface area contributed by atoms with Crippen molar-refractivity contribution in [2.45, 2.75) is 38.8 Å². The molecule has 1 aromatic heterocycles. The molecule has 1 atom stereocenters. The topological polar surface area (TPSA) is 50.6 Å². The molecule has 23 heavy (non-hydrogen) atoms. The maximum Gasteiger partial charge on any atom is 0.227 e. The van der Waals surface area contributed by atoms with Gasteiger partial charge < -0.3 is 9.64 Å². The van der Waals surface area contributed by atoms with E-state index in [4.69, 9.17) is 4.74 Å². The normalized spacial score (nSPS) is 22.1. The highest BCUT2D eigenvalue weighted by Gasteiger charge is 2.32. The summed E-state index contributed by atoms with van der Waals surface area (Å²) in [5.41, 5.74) is 1.23. The molecule has 128 valence electrons. The second-order valence-corrected chi connectivity index (χ2v) is 6.65. The molecule has 6 nitrogen and oxygen atoms in total. The smallest absolute Gasteiger partial charge is 0.227 e. The van der Waals surface area contributed by atoms with Gasteiger partial charge >= 0.3 is 0 Å². The predicted molar refractivity (Wildman–Crippen MR) is 87.9 cm³/mol. The summed E-state index contributed by atoms with van der Waals surface area (Å²) < 4.78 is 7.17. The largest absolute Gasteiger partial charge is 0.385 e. The molecule has 2 saturated heterocycles. The molecule has 0 radical (unpaired) electrons. The van der Waals surface area contributed by atoms with Crippen LogP contribution in [0, 0.1) is 5.92 Å². The Labute approximate surface area is 138 Å². The number of ether oxygens (including phenoxy) is 1. The van der Waals surface area contributed by atoms with Crippen LogP contribution in [-0.4, -0.2) is 65.4 Å². The molecular formula is C17H28N4O2. The summed E-state index contributed by atoms with van der Waals surface area (Å²) in [4.78, 5) is 17.0. The maximum atomic E-state index is 12.5. The number of hydrogen-bond donors (Lipinski definition) is 0. The van der Waals surface area contributed by atoms with Crippen molar-refractivity contribution >= 4 is 5.91 Å². The molecular weight excluding hydrogens is 292 g/mol. The van der Waals surface area contributed by atoms with E-state index in [-0.39, 0.29) is 5.92 Å². The van der Waals surface area contributed by atoms with Crippen molar-refractivity contribution < 1.29 is 9.53 Å². The highest BCUT2D eigenvalue weighted by Crippen LogP contribution is 2.22. The SMILES string of the molecule is COCCCn1nccc1CN1CCC(C(=O)N2CCCC2)C1. The van der Waals surface area contributed by atoms with Gasteiger partial charge in [-0.1, -0.05) is 0 Å². The molecule has 2 aliphatic heterocycles. The Kier molecular flexibility index (Phi) is 5.67. The molecule has 0 N–H and O–H groups in total. The average molecular weight is 320 g/mol. The van der Waals surface area contributed by atoms with Gasteiger partial charge in [0.2, 0.25) is 5.91 Å². The lowest BCUT2D eigenvalue weighted by atomic mass is 10.1. The number of aromatic nitrogens is 2. The first-order chi connectivity index (χ1) is 11.3. The Balaban J connectivity index is 1.50. The van der Waals surface area contributed by atoms with E-state index in [1.54, 1.807) is 7.11 Å². The van der Waals surface area contributed by atoms with E-state index in [2.05, 4.69) is 25.6 Å². The van der Waals surface area contributed by atoms with Crippen molar-refractivity contribution in [3.8, 4) is 0 Å². The van der Waals surface area contributed by atoms with Gasteiger partial charge in [-0.3, -0.25) is 14.4 Å². The fourth-order valence-corrected chi connectivity index (χ4v) is 3.66. The van der Waals surface area contributed by atoms with Crippen LogP contribution >= 0.6 is 0 Å². The maximum absolute atomic E-state index is 12.5. The number of nitrogens with zero attached hydrogens (tertiary/aromatic N) is 4. The summed E-state index contributed by atoms with van der Waals surface area (Å²) in [6.45, 7) is 6.35. The molecule has 0 spiro atoms. The molecule has 3 heterocycles. The van der Waals surface area contributed by atoms with E-state index in [9.17, 15) is 4.79 Å². The van der Waals surface area contributed by atoms with Gasteiger partial charge in [-0.05, 0) is 38.3 Å². The van der Waals surface area contributed by atoms with Crippen LogP contribution in [0.2, 0.25) is 0 Å². The Morgan fingerprint density at radius 1 is 1.35 bits per heavy atom. The van der Waals surface area contributed by atoms with E-state index in [0.717, 1.165) is 58.7 Å². The minimum atomic E-state index is 0.193. The quantitative estimate of drug-likeness (QED) is 0.712. The van der Waals surface area contributed by atoms with Crippen molar-refractivity contribution in [1.29, 1.82) is 0 Å². The summed E-state index contributed by atoms with van der Waals surface area (Å²) in [5, 5.41) is 4.41. The van der Waals surface area contributed by atoms with Gasteiger partial charge in [-0.2, -0.15) is 5.10 Å². The highest BCUT2D eigenvalue weighted by atomic mass is 16.5. The van der Waals surface area contributed by atoms with Gasteiger partial charge in [-0.25, -0.2) is 0 Å². The van der Waals surface area contributed by atoms with Gasteiger partial charge in [0.1, 0.15) is 0 Å². The van der Waals surface area contributed by atoms with Gasteiger partial charge in [0.25, 0.3) is 0 Å². The molecule has 6 heteroatoms. The molecule has 2 fully saturated rings. The first-order valence-corrected chi connectivity index (χ1v) is 8.78. The Morgan fingerprint density at radius 2 is 2.17 bits per heavy atom. The predicted octanol–water partition coefficient (Wildman–Crippen LogP) is 1.36. The average Bonchev–Trinajstić information content (AvgIpc) is 3.29. The number of amides is 1. The van der Waals surface area contributed by atoms with Crippen molar-refractivity contribution in [3.63, 3.8) is 0 Å². The summed E-state index contributed by atoms with van der Waals surface area (Å²) in [6.07, 6.45) is 6.17. The van der Waals surface area contributed by atoms with Crippen LogP contribution in [0.4, 0.5) is 0 Å². The Morgan fingerprint density at radius 3 is 2.96 bits per heavy atom. The van der Waals surface area contributed by atoms with Crippen molar-refractivity contribution in [2.75, 3.05) is 39.9 Å². The number of hydrogen-bond acceptors (Lipinski definition) is 4. The van der Waals surface area contributed by atoms with Crippen LogP contribution in [0.25, 0.3) is 0 Å². The minimum absolute atomic E-state index is 0.193. The van der Waals surface area contributed by atoms with Crippen molar-refractivity contribution in [3.05, 3.63) is 18.0 Å².